The SMILES string of the molecule is COCCOc1cc(C)cc(C2CCCN2C)c1. The number of methoxy groups -OCH3 is 1. The first-order valence-electron chi connectivity index (χ1n) is 6.64. The highest BCUT2D eigenvalue weighted by Crippen LogP contribution is 2.32. The molecule has 1 heterocycles. The van der Waals surface area contributed by atoms with Crippen molar-refractivity contribution in [1.82, 2.24) is 4.90 Å². The summed E-state index contributed by atoms with van der Waals surface area (Å²) in [6.07, 6.45) is 2.53. The molecule has 1 aliphatic rings. The van der Waals surface area contributed by atoms with Crippen molar-refractivity contribution in [2.75, 3.05) is 33.9 Å². The Kier molecular flexibility index (Phi) is 4.61. The number of aryl methyl sites for hydroxylation is 1. The molecule has 0 aromatic heterocycles. The molecular formula is C15H23NO2. The Hall–Kier alpha value is -1.06. The molecule has 0 amide bonds. The van der Waals surface area contributed by atoms with Crippen molar-refractivity contribution in [2.45, 2.75) is 25.8 Å². The topological polar surface area (TPSA) is 21.7 Å². The van der Waals surface area contributed by atoms with Gasteiger partial charge in [-0.1, -0.05) is 6.07 Å². The van der Waals surface area contributed by atoms with E-state index in [1.165, 1.54) is 30.5 Å². The maximum absolute atomic E-state index is 5.72. The fourth-order valence-electron chi connectivity index (χ4n) is 2.63. The molecule has 1 fully saturated rings. The zero-order valence-corrected chi connectivity index (χ0v) is 11.6. The van der Waals surface area contributed by atoms with Crippen LogP contribution in [-0.2, 0) is 4.74 Å². The van der Waals surface area contributed by atoms with Gasteiger partial charge >= 0.3 is 0 Å². The van der Waals surface area contributed by atoms with Crippen molar-refractivity contribution in [2.24, 2.45) is 0 Å². The Balaban J connectivity index is 2.10. The van der Waals surface area contributed by atoms with Crippen LogP contribution in [0.2, 0.25) is 0 Å². The van der Waals surface area contributed by atoms with E-state index in [9.17, 15) is 0 Å². The van der Waals surface area contributed by atoms with Crippen molar-refractivity contribution in [1.29, 1.82) is 0 Å². The maximum Gasteiger partial charge on any atom is 0.120 e. The minimum atomic E-state index is 0.551. The first-order valence-corrected chi connectivity index (χ1v) is 6.64. The predicted molar refractivity (Wildman–Crippen MR) is 73.2 cm³/mol. The third-order valence-corrected chi connectivity index (χ3v) is 3.53. The summed E-state index contributed by atoms with van der Waals surface area (Å²) >= 11 is 0. The molecule has 1 saturated heterocycles. The third-order valence-electron chi connectivity index (χ3n) is 3.53. The highest BCUT2D eigenvalue weighted by Gasteiger charge is 2.23. The average Bonchev–Trinajstić information content (AvgIpc) is 2.75. The zero-order valence-electron chi connectivity index (χ0n) is 11.6. The number of benzene rings is 1. The average molecular weight is 249 g/mol. The maximum atomic E-state index is 5.72. The fraction of sp³-hybridized carbons (Fsp3) is 0.600. The van der Waals surface area contributed by atoms with E-state index in [4.69, 9.17) is 9.47 Å². The Labute approximate surface area is 110 Å². The van der Waals surface area contributed by atoms with Gasteiger partial charge in [0.2, 0.25) is 0 Å². The summed E-state index contributed by atoms with van der Waals surface area (Å²) in [6.45, 7) is 4.56. The molecule has 0 N–H and O–H groups in total. The molecule has 100 valence electrons. The molecule has 0 spiro atoms. The van der Waals surface area contributed by atoms with E-state index in [0.717, 1.165) is 5.75 Å². The van der Waals surface area contributed by atoms with Gasteiger partial charge in [-0.15, -0.1) is 0 Å². The quantitative estimate of drug-likeness (QED) is 0.749. The molecule has 0 aliphatic carbocycles. The summed E-state index contributed by atoms with van der Waals surface area (Å²) in [6, 6.07) is 7.09. The van der Waals surface area contributed by atoms with Crippen LogP contribution in [0.1, 0.15) is 30.0 Å². The van der Waals surface area contributed by atoms with Gasteiger partial charge in [-0.25, -0.2) is 0 Å². The van der Waals surface area contributed by atoms with Gasteiger partial charge in [0.15, 0.2) is 0 Å². The molecule has 0 radical (unpaired) electrons. The van der Waals surface area contributed by atoms with E-state index in [1.54, 1.807) is 7.11 Å². The summed E-state index contributed by atoms with van der Waals surface area (Å²) in [7, 11) is 3.89. The molecule has 1 aromatic carbocycles. The van der Waals surface area contributed by atoms with Crippen LogP contribution in [0.3, 0.4) is 0 Å². The van der Waals surface area contributed by atoms with Gasteiger partial charge < -0.3 is 9.47 Å². The fourth-order valence-corrected chi connectivity index (χ4v) is 2.63. The smallest absolute Gasteiger partial charge is 0.120 e. The number of hydrogen-bond acceptors (Lipinski definition) is 3. The molecule has 1 aromatic rings. The predicted octanol–water partition coefficient (Wildman–Crippen LogP) is 2.79. The van der Waals surface area contributed by atoms with Crippen molar-refractivity contribution < 1.29 is 9.47 Å². The molecule has 0 saturated carbocycles. The van der Waals surface area contributed by atoms with Gasteiger partial charge in [0.25, 0.3) is 0 Å². The number of hydrogen-bond donors (Lipinski definition) is 0. The van der Waals surface area contributed by atoms with Gasteiger partial charge in [-0.05, 0) is 56.6 Å². The van der Waals surface area contributed by atoms with Gasteiger partial charge in [0, 0.05) is 13.2 Å². The van der Waals surface area contributed by atoms with E-state index < -0.39 is 0 Å². The molecular weight excluding hydrogens is 226 g/mol. The second-order valence-corrected chi connectivity index (χ2v) is 5.06. The van der Waals surface area contributed by atoms with E-state index >= 15 is 0 Å². The van der Waals surface area contributed by atoms with Crippen LogP contribution in [0.15, 0.2) is 18.2 Å². The Morgan fingerprint density at radius 1 is 1.28 bits per heavy atom. The zero-order chi connectivity index (χ0) is 13.0. The first kappa shape index (κ1) is 13.4. The standard InChI is InChI=1S/C15H23NO2/c1-12-9-13(15-5-4-6-16(15)2)11-14(10-12)18-8-7-17-3/h9-11,15H,4-8H2,1-3H3. The number of nitrogens with zero attached hydrogens (tertiary/aromatic N) is 1. The van der Waals surface area contributed by atoms with E-state index in [-0.39, 0.29) is 0 Å². The Bertz CT molecular complexity index is 392. The van der Waals surface area contributed by atoms with Crippen molar-refractivity contribution in [3.63, 3.8) is 0 Å². The molecule has 18 heavy (non-hydrogen) atoms. The number of ether oxygens (including phenoxy) is 2. The second kappa shape index (κ2) is 6.21. The number of rotatable bonds is 5. The molecule has 1 unspecified atom stereocenters. The highest BCUT2D eigenvalue weighted by molar-refractivity contribution is 5.36. The van der Waals surface area contributed by atoms with Crippen molar-refractivity contribution >= 4 is 0 Å². The highest BCUT2D eigenvalue weighted by atomic mass is 16.5. The largest absolute Gasteiger partial charge is 0.491 e. The van der Waals surface area contributed by atoms with Crippen LogP contribution in [0.5, 0.6) is 5.75 Å². The van der Waals surface area contributed by atoms with E-state index in [1.807, 2.05) is 0 Å². The minimum absolute atomic E-state index is 0.551. The number of likely N-dealkylation sites (tertiary alicyclic amines) is 1. The molecule has 0 bridgehead atoms. The van der Waals surface area contributed by atoms with E-state index in [0.29, 0.717) is 19.3 Å². The Morgan fingerprint density at radius 3 is 2.78 bits per heavy atom. The molecule has 2 rings (SSSR count). The molecule has 1 atom stereocenters. The molecule has 3 heteroatoms. The van der Waals surface area contributed by atoms with Crippen LogP contribution in [0.25, 0.3) is 0 Å². The third kappa shape index (κ3) is 3.24. The first-order chi connectivity index (χ1) is 8.70. The second-order valence-electron chi connectivity index (χ2n) is 5.06. The minimum Gasteiger partial charge on any atom is -0.491 e. The normalized spacial score (nSPS) is 20.3. The van der Waals surface area contributed by atoms with Crippen LogP contribution in [0.4, 0.5) is 0 Å². The summed E-state index contributed by atoms with van der Waals surface area (Å²) in [5.41, 5.74) is 2.64. The van der Waals surface area contributed by atoms with Gasteiger partial charge in [-0.2, -0.15) is 0 Å². The van der Waals surface area contributed by atoms with Crippen molar-refractivity contribution in [3.05, 3.63) is 29.3 Å². The monoisotopic (exact) mass is 249 g/mol. The van der Waals surface area contributed by atoms with Crippen LogP contribution in [-0.4, -0.2) is 38.8 Å². The lowest BCUT2D eigenvalue weighted by atomic mass is 10.0. The van der Waals surface area contributed by atoms with Gasteiger partial charge in [0.05, 0.1) is 6.61 Å². The van der Waals surface area contributed by atoms with Gasteiger partial charge in [-0.3, -0.25) is 4.90 Å². The Morgan fingerprint density at radius 2 is 2.11 bits per heavy atom. The molecule has 3 nitrogen and oxygen atoms in total. The lowest BCUT2D eigenvalue weighted by Gasteiger charge is -2.21. The van der Waals surface area contributed by atoms with E-state index in [2.05, 4.69) is 37.1 Å². The lowest BCUT2D eigenvalue weighted by molar-refractivity contribution is 0.146. The molecule has 1 aliphatic heterocycles. The van der Waals surface area contributed by atoms with Crippen molar-refractivity contribution in [3.8, 4) is 5.75 Å². The summed E-state index contributed by atoms with van der Waals surface area (Å²) < 4.78 is 10.7. The van der Waals surface area contributed by atoms with Crippen LogP contribution >= 0.6 is 0 Å². The lowest BCUT2D eigenvalue weighted by Crippen LogP contribution is -2.17. The van der Waals surface area contributed by atoms with Gasteiger partial charge in [0.1, 0.15) is 12.4 Å². The summed E-state index contributed by atoms with van der Waals surface area (Å²) in [4.78, 5) is 2.42. The van der Waals surface area contributed by atoms with Crippen LogP contribution in [0, 0.1) is 6.92 Å². The van der Waals surface area contributed by atoms with Crippen LogP contribution < -0.4 is 4.74 Å². The summed E-state index contributed by atoms with van der Waals surface area (Å²) in [5, 5.41) is 0. The summed E-state index contributed by atoms with van der Waals surface area (Å²) in [5.74, 6) is 0.961.